The highest BCUT2D eigenvalue weighted by molar-refractivity contribution is 5.83. The Kier molecular flexibility index (Phi) is 12.4. The number of hydrogen-bond donors (Lipinski definition) is 0. The van der Waals surface area contributed by atoms with E-state index in [1.54, 1.807) is 0 Å². The first-order chi connectivity index (χ1) is 19.4. The van der Waals surface area contributed by atoms with Crippen LogP contribution in [0.3, 0.4) is 0 Å². The first kappa shape index (κ1) is 30.6. The Hall–Kier alpha value is -3.93. The van der Waals surface area contributed by atoms with Gasteiger partial charge in [-0.1, -0.05) is 50.6 Å². The highest BCUT2D eigenvalue weighted by atomic mass is 16.5. The van der Waals surface area contributed by atoms with E-state index in [9.17, 15) is 14.4 Å². The van der Waals surface area contributed by atoms with Crippen molar-refractivity contribution in [3.05, 3.63) is 89.0 Å². The van der Waals surface area contributed by atoms with Gasteiger partial charge in [0.2, 0.25) is 0 Å². The molecule has 0 radical (unpaired) electrons. The minimum Gasteiger partial charge on any atom is -0.486 e. The molecule has 0 aliphatic heterocycles. The Labute approximate surface area is 237 Å². The predicted molar refractivity (Wildman–Crippen MR) is 157 cm³/mol. The first-order valence-electron chi connectivity index (χ1n) is 14.1. The van der Waals surface area contributed by atoms with Crippen LogP contribution in [0.15, 0.2) is 66.7 Å². The van der Waals surface area contributed by atoms with Crippen LogP contribution in [-0.4, -0.2) is 37.2 Å². The van der Waals surface area contributed by atoms with Crippen LogP contribution in [0.1, 0.15) is 62.3 Å². The van der Waals surface area contributed by atoms with Gasteiger partial charge in [0.1, 0.15) is 37.1 Å². The lowest BCUT2D eigenvalue weighted by Crippen LogP contribution is -2.15. The third kappa shape index (κ3) is 10.7. The van der Waals surface area contributed by atoms with Crippen molar-refractivity contribution in [3.63, 3.8) is 0 Å². The van der Waals surface area contributed by atoms with Gasteiger partial charge in [-0.25, -0.2) is 0 Å². The Balaban J connectivity index is 1.44. The maximum absolute atomic E-state index is 12.7. The van der Waals surface area contributed by atoms with Crippen LogP contribution in [0.2, 0.25) is 0 Å². The summed E-state index contributed by atoms with van der Waals surface area (Å²) in [4.78, 5) is 36.2. The van der Waals surface area contributed by atoms with E-state index in [4.69, 9.17) is 14.2 Å². The second kappa shape index (κ2) is 16.2. The van der Waals surface area contributed by atoms with Crippen molar-refractivity contribution < 1.29 is 28.6 Å². The Bertz CT molecular complexity index is 1260. The molecule has 3 aromatic carbocycles. The Morgan fingerprint density at radius 2 is 1.32 bits per heavy atom. The molecule has 0 spiro atoms. The molecule has 0 aromatic heterocycles. The number of benzene rings is 3. The third-order valence-corrected chi connectivity index (χ3v) is 6.47. The molecule has 0 saturated heterocycles. The first-order valence-corrected chi connectivity index (χ1v) is 14.1. The number of carbonyl (C=O) groups is 3. The van der Waals surface area contributed by atoms with Gasteiger partial charge < -0.3 is 14.2 Å². The lowest BCUT2D eigenvalue weighted by molar-refractivity contribution is -0.121. The molecule has 0 bridgehead atoms. The minimum atomic E-state index is -0.0231. The van der Waals surface area contributed by atoms with Crippen molar-refractivity contribution in [1.82, 2.24) is 0 Å². The zero-order valence-corrected chi connectivity index (χ0v) is 23.9. The molecule has 3 aromatic rings. The van der Waals surface area contributed by atoms with Crippen LogP contribution in [0.25, 0.3) is 0 Å². The van der Waals surface area contributed by atoms with Gasteiger partial charge in [0.25, 0.3) is 0 Å². The SMILES string of the molecule is CCCc1cccc(OCC(=O)Cc2cc(OCC(=O)CCCc3ccc(OCC(C)=O)cc3)ccc2CC)c1. The molecular weight excluding hydrogens is 504 g/mol. The van der Waals surface area contributed by atoms with E-state index in [-0.39, 0.29) is 43.6 Å². The molecule has 0 amide bonds. The number of ketones is 3. The van der Waals surface area contributed by atoms with E-state index in [1.807, 2.05) is 60.7 Å². The largest absolute Gasteiger partial charge is 0.486 e. The van der Waals surface area contributed by atoms with Crippen LogP contribution < -0.4 is 14.2 Å². The second-order valence-electron chi connectivity index (χ2n) is 10.0. The molecule has 0 fully saturated rings. The monoisotopic (exact) mass is 544 g/mol. The number of aryl methyl sites for hydroxylation is 3. The zero-order chi connectivity index (χ0) is 28.7. The molecule has 0 unspecified atom stereocenters. The van der Waals surface area contributed by atoms with Gasteiger partial charge in [-0.3, -0.25) is 14.4 Å². The summed E-state index contributed by atoms with van der Waals surface area (Å²) in [5.74, 6) is 1.94. The second-order valence-corrected chi connectivity index (χ2v) is 10.0. The fourth-order valence-corrected chi connectivity index (χ4v) is 4.37. The van der Waals surface area contributed by atoms with Crippen LogP contribution in [0, 0.1) is 0 Å². The summed E-state index contributed by atoms with van der Waals surface area (Å²) in [6, 6.07) is 21.1. The molecule has 6 nitrogen and oxygen atoms in total. The zero-order valence-electron chi connectivity index (χ0n) is 23.9. The molecule has 0 heterocycles. The van der Waals surface area contributed by atoms with Gasteiger partial charge in [-0.2, -0.15) is 0 Å². The summed E-state index contributed by atoms with van der Waals surface area (Å²) in [6.07, 6.45) is 4.98. The predicted octanol–water partition coefficient (Wildman–Crippen LogP) is 6.33. The van der Waals surface area contributed by atoms with E-state index >= 15 is 0 Å². The lowest BCUT2D eigenvalue weighted by atomic mass is 10.00. The fourth-order valence-electron chi connectivity index (χ4n) is 4.37. The highest BCUT2D eigenvalue weighted by Crippen LogP contribution is 2.21. The van der Waals surface area contributed by atoms with Crippen LogP contribution in [0.4, 0.5) is 0 Å². The summed E-state index contributed by atoms with van der Waals surface area (Å²) < 4.78 is 16.9. The van der Waals surface area contributed by atoms with Crippen molar-refractivity contribution in [2.45, 2.75) is 65.7 Å². The van der Waals surface area contributed by atoms with Gasteiger partial charge in [-0.05, 0) is 91.3 Å². The maximum Gasteiger partial charge on any atom is 0.174 e. The standard InChI is InChI=1S/C34H40O6/c1-4-8-27-10-7-12-33(19-27)40-24-31(37)20-29-21-34(18-15-28(29)5-2)39-23-30(36)11-6-9-26-13-16-32(17-14-26)38-22-25(3)35/h7,10,12-19,21H,4-6,8-9,11,20,22-24H2,1-3H3. The van der Waals surface area contributed by atoms with Crippen molar-refractivity contribution in [1.29, 1.82) is 0 Å². The average Bonchev–Trinajstić information content (AvgIpc) is 2.95. The number of hydrogen-bond acceptors (Lipinski definition) is 6. The van der Waals surface area contributed by atoms with Gasteiger partial charge in [0, 0.05) is 12.8 Å². The number of rotatable bonds is 18. The van der Waals surface area contributed by atoms with Crippen LogP contribution >= 0.6 is 0 Å². The summed E-state index contributed by atoms with van der Waals surface area (Å²) in [5.41, 5.74) is 4.28. The van der Waals surface area contributed by atoms with Crippen LogP contribution in [0.5, 0.6) is 17.2 Å². The smallest absolute Gasteiger partial charge is 0.174 e. The molecular formula is C34H40O6. The number of ether oxygens (including phenoxy) is 3. The maximum atomic E-state index is 12.7. The van der Waals surface area contributed by atoms with E-state index < -0.39 is 0 Å². The van der Waals surface area contributed by atoms with Gasteiger partial charge in [0.15, 0.2) is 17.3 Å². The molecule has 0 atom stereocenters. The Morgan fingerprint density at radius 1 is 0.650 bits per heavy atom. The summed E-state index contributed by atoms with van der Waals surface area (Å²) in [6.45, 7) is 5.74. The van der Waals surface area contributed by atoms with Crippen molar-refractivity contribution in [3.8, 4) is 17.2 Å². The van der Waals surface area contributed by atoms with Gasteiger partial charge in [-0.15, -0.1) is 0 Å². The lowest BCUT2D eigenvalue weighted by Gasteiger charge is -2.12. The summed E-state index contributed by atoms with van der Waals surface area (Å²) in [7, 11) is 0. The van der Waals surface area contributed by atoms with E-state index in [0.29, 0.717) is 30.1 Å². The topological polar surface area (TPSA) is 78.9 Å². The molecule has 6 heteroatoms. The van der Waals surface area contributed by atoms with Crippen molar-refractivity contribution in [2.75, 3.05) is 19.8 Å². The molecule has 0 aliphatic rings. The molecule has 40 heavy (non-hydrogen) atoms. The van der Waals surface area contributed by atoms with Gasteiger partial charge >= 0.3 is 0 Å². The normalized spacial score (nSPS) is 10.7. The van der Waals surface area contributed by atoms with Gasteiger partial charge in [0.05, 0.1) is 0 Å². The Morgan fingerprint density at radius 3 is 2.02 bits per heavy atom. The fraction of sp³-hybridized carbons (Fsp3) is 0.382. The molecule has 212 valence electrons. The van der Waals surface area contributed by atoms with E-state index in [1.165, 1.54) is 12.5 Å². The summed E-state index contributed by atoms with van der Waals surface area (Å²) in [5, 5.41) is 0. The number of Topliss-reactive ketones (excluding diaryl/α,β-unsaturated/α-hetero) is 3. The number of carbonyl (C=O) groups excluding carboxylic acids is 3. The van der Waals surface area contributed by atoms with E-state index in [0.717, 1.165) is 42.4 Å². The molecule has 0 aliphatic carbocycles. The molecule has 3 rings (SSSR count). The van der Waals surface area contributed by atoms with Crippen molar-refractivity contribution >= 4 is 17.3 Å². The van der Waals surface area contributed by atoms with E-state index in [2.05, 4.69) is 19.9 Å². The average molecular weight is 545 g/mol. The quantitative estimate of drug-likeness (QED) is 0.186. The third-order valence-electron chi connectivity index (χ3n) is 6.47. The minimum absolute atomic E-state index is 0.00606. The molecule has 0 N–H and O–H groups in total. The highest BCUT2D eigenvalue weighted by Gasteiger charge is 2.12. The van der Waals surface area contributed by atoms with Crippen LogP contribution in [-0.2, 0) is 40.1 Å². The molecule has 0 saturated carbocycles. The summed E-state index contributed by atoms with van der Waals surface area (Å²) >= 11 is 0. The van der Waals surface area contributed by atoms with Crippen molar-refractivity contribution in [2.24, 2.45) is 0 Å².